The van der Waals surface area contributed by atoms with Crippen LogP contribution in [0, 0.1) is 5.41 Å². The first-order chi connectivity index (χ1) is 12.6. The predicted octanol–water partition coefficient (Wildman–Crippen LogP) is 3.09. The van der Waals surface area contributed by atoms with Crippen LogP contribution in [0.5, 0.6) is 5.75 Å². The Morgan fingerprint density at radius 3 is 2.50 bits per heavy atom. The maximum atomic E-state index is 5.26. The number of imidazole rings is 2. The van der Waals surface area contributed by atoms with Crippen LogP contribution in [0.2, 0.25) is 0 Å². The van der Waals surface area contributed by atoms with Crippen LogP contribution in [0.4, 0.5) is 0 Å². The second kappa shape index (κ2) is 6.61. The molecule has 0 bridgehead atoms. The molecule has 1 fully saturated rings. The average Bonchev–Trinajstić information content (AvgIpc) is 3.35. The van der Waals surface area contributed by atoms with Gasteiger partial charge in [-0.25, -0.2) is 9.97 Å². The summed E-state index contributed by atoms with van der Waals surface area (Å²) in [5.74, 6) is 2.60. The summed E-state index contributed by atoms with van der Waals surface area (Å²) in [6.07, 6.45) is 8.93. The quantitative estimate of drug-likeness (QED) is 0.709. The molecule has 6 nitrogen and oxygen atoms in total. The molecule has 3 aromatic rings. The highest BCUT2D eigenvalue weighted by Gasteiger charge is 2.33. The van der Waals surface area contributed by atoms with Crippen molar-refractivity contribution in [2.75, 3.05) is 27.2 Å². The van der Waals surface area contributed by atoms with Crippen LogP contribution in [0.1, 0.15) is 13.3 Å². The molecule has 0 N–H and O–H groups in total. The zero-order valence-electron chi connectivity index (χ0n) is 15.6. The Balaban J connectivity index is 1.65. The van der Waals surface area contributed by atoms with Gasteiger partial charge in [0, 0.05) is 43.6 Å². The fourth-order valence-electron chi connectivity index (χ4n) is 3.87. The predicted molar refractivity (Wildman–Crippen MR) is 102 cm³/mol. The topological polar surface area (TPSA) is 48.1 Å². The number of likely N-dealkylation sites (tertiary alicyclic amines) is 1. The highest BCUT2D eigenvalue weighted by atomic mass is 16.5. The molecule has 1 aliphatic rings. The number of benzene rings is 1. The molecule has 0 aliphatic carbocycles. The highest BCUT2D eigenvalue weighted by molar-refractivity contribution is 5.51. The van der Waals surface area contributed by atoms with Gasteiger partial charge in [0.05, 0.1) is 7.11 Å². The summed E-state index contributed by atoms with van der Waals surface area (Å²) in [7, 11) is 3.87. The summed E-state index contributed by atoms with van der Waals surface area (Å²) >= 11 is 0. The standard InChI is InChI=1S/C20H25N5O/c1-20(8-11-23(2)14-20)15-24-12-9-21-18(24)19-22-10-13-25(19)16-4-6-17(26-3)7-5-16/h4-7,9-10,12-13H,8,11,14-15H2,1-3H3. The Hall–Kier alpha value is -2.60. The highest BCUT2D eigenvalue weighted by Crippen LogP contribution is 2.32. The van der Waals surface area contributed by atoms with E-state index in [-0.39, 0.29) is 5.41 Å². The lowest BCUT2D eigenvalue weighted by molar-refractivity contribution is 0.270. The van der Waals surface area contributed by atoms with E-state index in [9.17, 15) is 0 Å². The monoisotopic (exact) mass is 351 g/mol. The second-order valence-corrected chi connectivity index (χ2v) is 7.50. The normalized spacial score (nSPS) is 20.6. The molecule has 1 aromatic carbocycles. The number of nitrogens with zero attached hydrogens (tertiary/aromatic N) is 5. The van der Waals surface area contributed by atoms with Crippen LogP contribution in [-0.4, -0.2) is 51.2 Å². The summed E-state index contributed by atoms with van der Waals surface area (Å²) in [4.78, 5) is 11.6. The minimum absolute atomic E-state index is 0.266. The van der Waals surface area contributed by atoms with E-state index in [4.69, 9.17) is 4.74 Å². The first-order valence-corrected chi connectivity index (χ1v) is 8.96. The van der Waals surface area contributed by atoms with Gasteiger partial charge in [-0.05, 0) is 49.7 Å². The molecule has 1 unspecified atom stereocenters. The minimum atomic E-state index is 0.266. The van der Waals surface area contributed by atoms with Crippen molar-refractivity contribution in [1.29, 1.82) is 0 Å². The van der Waals surface area contributed by atoms with E-state index < -0.39 is 0 Å². The van der Waals surface area contributed by atoms with Crippen molar-refractivity contribution in [2.24, 2.45) is 5.41 Å². The van der Waals surface area contributed by atoms with E-state index in [1.807, 2.05) is 42.9 Å². The van der Waals surface area contributed by atoms with Gasteiger partial charge in [0.2, 0.25) is 0 Å². The van der Waals surface area contributed by atoms with Crippen molar-refractivity contribution in [3.05, 3.63) is 49.1 Å². The summed E-state index contributed by atoms with van der Waals surface area (Å²) < 4.78 is 9.57. The Bertz CT molecular complexity index is 882. The maximum absolute atomic E-state index is 5.26. The van der Waals surface area contributed by atoms with Gasteiger partial charge < -0.3 is 14.2 Å². The van der Waals surface area contributed by atoms with Gasteiger partial charge in [-0.2, -0.15) is 0 Å². The van der Waals surface area contributed by atoms with Crippen molar-refractivity contribution >= 4 is 0 Å². The molecule has 1 atom stereocenters. The minimum Gasteiger partial charge on any atom is -0.497 e. The van der Waals surface area contributed by atoms with E-state index in [1.165, 1.54) is 6.42 Å². The molecule has 1 saturated heterocycles. The number of methoxy groups -OCH3 is 1. The molecular weight excluding hydrogens is 326 g/mol. The van der Waals surface area contributed by atoms with Gasteiger partial charge >= 0.3 is 0 Å². The lowest BCUT2D eigenvalue weighted by atomic mass is 9.90. The fourth-order valence-corrected chi connectivity index (χ4v) is 3.87. The number of ether oxygens (including phenoxy) is 1. The first-order valence-electron chi connectivity index (χ1n) is 8.96. The Labute approximate surface area is 154 Å². The summed E-state index contributed by atoms with van der Waals surface area (Å²) in [6, 6.07) is 7.98. The van der Waals surface area contributed by atoms with Crippen molar-refractivity contribution in [3.8, 4) is 23.1 Å². The third-order valence-electron chi connectivity index (χ3n) is 5.21. The molecule has 3 heterocycles. The fraction of sp³-hybridized carbons (Fsp3) is 0.400. The van der Waals surface area contributed by atoms with Gasteiger partial charge in [0.1, 0.15) is 5.75 Å². The Morgan fingerprint density at radius 2 is 1.81 bits per heavy atom. The molecule has 26 heavy (non-hydrogen) atoms. The molecule has 0 saturated carbocycles. The number of hydrogen-bond acceptors (Lipinski definition) is 4. The molecule has 2 aromatic heterocycles. The molecule has 4 rings (SSSR count). The van der Waals surface area contributed by atoms with Gasteiger partial charge in [-0.15, -0.1) is 0 Å². The smallest absolute Gasteiger partial charge is 0.181 e. The average molecular weight is 351 g/mol. The summed E-state index contributed by atoms with van der Waals surface area (Å²) in [5.41, 5.74) is 1.31. The molecular formula is C20H25N5O. The van der Waals surface area contributed by atoms with Crippen LogP contribution >= 0.6 is 0 Å². The Kier molecular flexibility index (Phi) is 4.28. The number of aromatic nitrogens is 4. The summed E-state index contributed by atoms with van der Waals surface area (Å²) in [5, 5.41) is 0. The van der Waals surface area contributed by atoms with E-state index in [2.05, 4.69) is 44.2 Å². The van der Waals surface area contributed by atoms with Crippen molar-refractivity contribution < 1.29 is 4.74 Å². The van der Waals surface area contributed by atoms with Gasteiger partial charge in [0.15, 0.2) is 11.6 Å². The Morgan fingerprint density at radius 1 is 1.08 bits per heavy atom. The summed E-state index contributed by atoms with van der Waals surface area (Å²) in [6.45, 7) is 5.57. The van der Waals surface area contributed by atoms with Crippen LogP contribution in [-0.2, 0) is 6.54 Å². The molecule has 0 radical (unpaired) electrons. The molecule has 0 amide bonds. The van der Waals surface area contributed by atoms with Crippen LogP contribution < -0.4 is 4.74 Å². The van der Waals surface area contributed by atoms with Gasteiger partial charge in [-0.1, -0.05) is 6.92 Å². The molecule has 0 spiro atoms. The van der Waals surface area contributed by atoms with E-state index in [1.54, 1.807) is 7.11 Å². The van der Waals surface area contributed by atoms with Gasteiger partial charge in [-0.3, -0.25) is 4.57 Å². The number of hydrogen-bond donors (Lipinski definition) is 0. The van der Waals surface area contributed by atoms with Crippen molar-refractivity contribution in [3.63, 3.8) is 0 Å². The van der Waals surface area contributed by atoms with Crippen molar-refractivity contribution in [1.82, 2.24) is 24.0 Å². The largest absolute Gasteiger partial charge is 0.497 e. The van der Waals surface area contributed by atoms with E-state index in [0.29, 0.717) is 0 Å². The molecule has 136 valence electrons. The van der Waals surface area contributed by atoms with Crippen LogP contribution in [0.25, 0.3) is 17.3 Å². The third-order valence-corrected chi connectivity index (χ3v) is 5.21. The van der Waals surface area contributed by atoms with Gasteiger partial charge in [0.25, 0.3) is 0 Å². The zero-order chi connectivity index (χ0) is 18.1. The maximum Gasteiger partial charge on any atom is 0.181 e. The number of rotatable bonds is 5. The van der Waals surface area contributed by atoms with E-state index >= 15 is 0 Å². The zero-order valence-corrected chi connectivity index (χ0v) is 15.6. The first kappa shape index (κ1) is 16.8. The van der Waals surface area contributed by atoms with E-state index in [0.717, 1.165) is 42.7 Å². The van der Waals surface area contributed by atoms with Crippen molar-refractivity contribution in [2.45, 2.75) is 19.9 Å². The second-order valence-electron chi connectivity index (χ2n) is 7.50. The van der Waals surface area contributed by atoms with Crippen LogP contribution in [0.3, 0.4) is 0 Å². The molecule has 6 heteroatoms. The lowest BCUT2D eigenvalue weighted by Crippen LogP contribution is -2.27. The van der Waals surface area contributed by atoms with Crippen LogP contribution in [0.15, 0.2) is 49.1 Å². The SMILES string of the molecule is COc1ccc(-n2ccnc2-c2nccn2CC2(C)CCN(C)C2)cc1. The lowest BCUT2D eigenvalue weighted by Gasteiger charge is -2.25. The molecule has 1 aliphatic heterocycles. The third kappa shape index (κ3) is 3.12.